The molecule has 0 aliphatic carbocycles. The van der Waals surface area contributed by atoms with E-state index in [2.05, 4.69) is 4.98 Å². The van der Waals surface area contributed by atoms with E-state index in [1.807, 2.05) is 49.4 Å². The van der Waals surface area contributed by atoms with Crippen molar-refractivity contribution in [2.75, 3.05) is 19.5 Å². The highest BCUT2D eigenvalue weighted by atomic mass is 32.2. The molecular formula is C22H24N4O3S. The Balaban J connectivity index is 1.56. The summed E-state index contributed by atoms with van der Waals surface area (Å²) in [5, 5.41) is 1.28. The molecule has 4 aromatic rings. The molecule has 8 heteroatoms. The number of imidazole rings is 1. The van der Waals surface area contributed by atoms with Crippen molar-refractivity contribution in [2.45, 2.75) is 31.1 Å². The lowest BCUT2D eigenvalue weighted by Crippen LogP contribution is -2.28. The van der Waals surface area contributed by atoms with Crippen molar-refractivity contribution in [1.82, 2.24) is 19.1 Å². The third-order valence-corrected chi connectivity index (χ3v) is 6.10. The lowest BCUT2D eigenvalue weighted by atomic mass is 10.2. The van der Waals surface area contributed by atoms with Crippen LogP contribution in [0, 0.1) is 0 Å². The number of nitrogens with zero attached hydrogens (tertiary/aromatic N) is 3. The number of aromatic amines is 1. The fourth-order valence-corrected chi connectivity index (χ4v) is 4.67. The minimum Gasteiger partial charge on any atom is -0.383 e. The average Bonchev–Trinajstić information content (AvgIpc) is 3.06. The van der Waals surface area contributed by atoms with Gasteiger partial charge in [-0.25, -0.2) is 9.78 Å². The summed E-state index contributed by atoms with van der Waals surface area (Å²) in [7, 11) is 1.63. The normalized spacial score (nSPS) is 12.6. The molecule has 1 N–H and O–H groups in total. The molecule has 7 nitrogen and oxygen atoms in total. The number of thioether (sulfide) groups is 1. The highest BCUT2D eigenvalue weighted by molar-refractivity contribution is 7.99. The predicted octanol–water partition coefficient (Wildman–Crippen LogP) is 3.43. The lowest BCUT2D eigenvalue weighted by Gasteiger charge is -2.18. The molecule has 2 heterocycles. The Morgan fingerprint density at radius 2 is 1.90 bits per heavy atom. The number of methoxy groups -OCH3 is 1. The minimum absolute atomic E-state index is 0.0551. The van der Waals surface area contributed by atoms with E-state index in [-0.39, 0.29) is 17.3 Å². The van der Waals surface area contributed by atoms with E-state index in [0.717, 1.165) is 23.2 Å². The zero-order valence-electron chi connectivity index (χ0n) is 17.0. The SMILES string of the molecule is COC[C@H](C)n1c(SCCCn2c(=O)[nH]c3ccccc32)nc2ccccc2c1=O. The summed E-state index contributed by atoms with van der Waals surface area (Å²) < 4.78 is 8.74. The fraction of sp³-hybridized carbons (Fsp3) is 0.318. The van der Waals surface area contributed by atoms with Gasteiger partial charge in [-0.15, -0.1) is 0 Å². The van der Waals surface area contributed by atoms with Crippen LogP contribution in [0.4, 0.5) is 0 Å². The first-order valence-corrected chi connectivity index (χ1v) is 10.9. The zero-order chi connectivity index (χ0) is 21.1. The van der Waals surface area contributed by atoms with Gasteiger partial charge in [-0.05, 0) is 37.6 Å². The molecule has 0 saturated heterocycles. The van der Waals surface area contributed by atoms with E-state index in [1.165, 1.54) is 11.8 Å². The quantitative estimate of drug-likeness (QED) is 0.266. The van der Waals surface area contributed by atoms with Gasteiger partial charge in [0.15, 0.2) is 5.16 Å². The first-order valence-electron chi connectivity index (χ1n) is 9.90. The van der Waals surface area contributed by atoms with Crippen LogP contribution in [0.15, 0.2) is 63.3 Å². The van der Waals surface area contributed by atoms with E-state index >= 15 is 0 Å². The van der Waals surface area contributed by atoms with Gasteiger partial charge in [0, 0.05) is 19.4 Å². The number of fused-ring (bicyclic) bond motifs is 2. The fourth-order valence-electron chi connectivity index (χ4n) is 3.65. The number of nitrogens with one attached hydrogen (secondary N) is 1. The lowest BCUT2D eigenvalue weighted by molar-refractivity contribution is 0.156. The summed E-state index contributed by atoms with van der Waals surface area (Å²) in [5.41, 5.74) is 2.28. The van der Waals surface area contributed by atoms with Crippen LogP contribution in [0.5, 0.6) is 0 Å². The van der Waals surface area contributed by atoms with Gasteiger partial charge in [0.2, 0.25) is 0 Å². The Morgan fingerprint density at radius 1 is 1.13 bits per heavy atom. The predicted molar refractivity (Wildman–Crippen MR) is 120 cm³/mol. The highest BCUT2D eigenvalue weighted by Gasteiger charge is 2.16. The number of aryl methyl sites for hydroxylation is 1. The Morgan fingerprint density at radius 3 is 2.73 bits per heavy atom. The summed E-state index contributed by atoms with van der Waals surface area (Å²) in [5.74, 6) is 0.733. The Hall–Kier alpha value is -2.84. The van der Waals surface area contributed by atoms with Crippen molar-refractivity contribution < 1.29 is 4.74 Å². The van der Waals surface area contributed by atoms with Gasteiger partial charge in [-0.1, -0.05) is 36.0 Å². The van der Waals surface area contributed by atoms with Crippen molar-refractivity contribution in [3.05, 3.63) is 69.4 Å². The first kappa shape index (κ1) is 20.4. The monoisotopic (exact) mass is 424 g/mol. The topological polar surface area (TPSA) is 81.9 Å². The van der Waals surface area contributed by atoms with Crippen molar-refractivity contribution in [3.63, 3.8) is 0 Å². The third kappa shape index (κ3) is 3.93. The van der Waals surface area contributed by atoms with Gasteiger partial charge >= 0.3 is 5.69 Å². The molecule has 0 aliphatic rings. The number of para-hydroxylation sites is 3. The van der Waals surface area contributed by atoms with Crippen molar-refractivity contribution >= 4 is 33.7 Å². The van der Waals surface area contributed by atoms with Crippen LogP contribution in [-0.2, 0) is 11.3 Å². The van der Waals surface area contributed by atoms with E-state index in [9.17, 15) is 9.59 Å². The van der Waals surface area contributed by atoms with Crippen LogP contribution < -0.4 is 11.2 Å². The van der Waals surface area contributed by atoms with Gasteiger partial charge in [-0.2, -0.15) is 0 Å². The molecule has 4 rings (SSSR count). The second-order valence-corrected chi connectivity index (χ2v) is 8.25. The molecule has 2 aromatic carbocycles. The Bertz CT molecular complexity index is 1290. The number of rotatable bonds is 8. The molecule has 156 valence electrons. The molecule has 0 radical (unpaired) electrons. The summed E-state index contributed by atoms with van der Waals surface area (Å²) in [6.07, 6.45) is 0.772. The summed E-state index contributed by atoms with van der Waals surface area (Å²) >= 11 is 1.53. The molecule has 30 heavy (non-hydrogen) atoms. The van der Waals surface area contributed by atoms with Gasteiger partial charge < -0.3 is 9.72 Å². The molecule has 0 spiro atoms. The molecule has 0 saturated carbocycles. The molecule has 0 fully saturated rings. The number of hydrogen-bond acceptors (Lipinski definition) is 5. The molecular weight excluding hydrogens is 400 g/mol. The highest BCUT2D eigenvalue weighted by Crippen LogP contribution is 2.22. The summed E-state index contributed by atoms with van der Waals surface area (Å²) in [6.45, 7) is 2.98. The largest absolute Gasteiger partial charge is 0.383 e. The van der Waals surface area contributed by atoms with Crippen LogP contribution in [0.3, 0.4) is 0 Å². The number of H-pyrrole nitrogens is 1. The first-order chi connectivity index (χ1) is 14.6. The second kappa shape index (κ2) is 8.89. The maximum absolute atomic E-state index is 13.1. The van der Waals surface area contributed by atoms with Crippen LogP contribution in [-0.4, -0.2) is 38.6 Å². The smallest absolute Gasteiger partial charge is 0.326 e. The number of benzene rings is 2. The van der Waals surface area contributed by atoms with Crippen LogP contribution >= 0.6 is 11.8 Å². The number of ether oxygens (including phenoxy) is 1. The van der Waals surface area contributed by atoms with Gasteiger partial charge in [0.1, 0.15) is 0 Å². The van der Waals surface area contributed by atoms with Gasteiger partial charge in [-0.3, -0.25) is 13.9 Å². The molecule has 2 aromatic heterocycles. The summed E-state index contributed by atoms with van der Waals surface area (Å²) in [6, 6.07) is 14.9. The maximum Gasteiger partial charge on any atom is 0.326 e. The van der Waals surface area contributed by atoms with E-state index in [1.54, 1.807) is 22.3 Å². The Labute approximate surface area is 177 Å². The minimum atomic E-state index is -0.127. The van der Waals surface area contributed by atoms with E-state index in [4.69, 9.17) is 9.72 Å². The second-order valence-electron chi connectivity index (χ2n) is 7.19. The Kier molecular flexibility index (Phi) is 6.06. The van der Waals surface area contributed by atoms with E-state index in [0.29, 0.717) is 29.2 Å². The standard InChI is InChI=1S/C22H24N4O3S/c1-15(14-29-2)26-20(27)16-8-3-4-9-17(16)24-22(26)30-13-7-12-25-19-11-6-5-10-18(19)23-21(25)28/h3-6,8-11,15H,7,12-14H2,1-2H3,(H,23,28)/t15-/m0/s1. The van der Waals surface area contributed by atoms with Crippen molar-refractivity contribution in [3.8, 4) is 0 Å². The third-order valence-electron chi connectivity index (χ3n) is 5.06. The molecule has 0 aliphatic heterocycles. The molecule has 0 bridgehead atoms. The van der Waals surface area contributed by atoms with Crippen LogP contribution in [0.1, 0.15) is 19.4 Å². The molecule has 1 atom stereocenters. The summed E-state index contributed by atoms with van der Waals surface area (Å²) in [4.78, 5) is 32.9. The number of aromatic nitrogens is 4. The van der Waals surface area contributed by atoms with Crippen LogP contribution in [0.2, 0.25) is 0 Å². The van der Waals surface area contributed by atoms with Crippen molar-refractivity contribution in [1.29, 1.82) is 0 Å². The molecule has 0 amide bonds. The van der Waals surface area contributed by atoms with Gasteiger partial charge in [0.05, 0.1) is 34.6 Å². The van der Waals surface area contributed by atoms with Gasteiger partial charge in [0.25, 0.3) is 5.56 Å². The van der Waals surface area contributed by atoms with Crippen LogP contribution in [0.25, 0.3) is 21.9 Å². The van der Waals surface area contributed by atoms with E-state index < -0.39 is 0 Å². The molecule has 0 unspecified atom stereocenters. The zero-order valence-corrected chi connectivity index (χ0v) is 17.8. The van der Waals surface area contributed by atoms with Crippen molar-refractivity contribution in [2.24, 2.45) is 0 Å². The average molecular weight is 425 g/mol. The maximum atomic E-state index is 13.1. The number of hydrogen-bond donors (Lipinski definition) is 1.